The van der Waals surface area contributed by atoms with Gasteiger partial charge < -0.3 is 15.4 Å². The topological polar surface area (TPSA) is 62.7 Å². The van der Waals surface area contributed by atoms with E-state index in [0.29, 0.717) is 38.5 Å². The molecule has 0 amide bonds. The third-order valence-corrected chi connectivity index (χ3v) is 4.34. The van der Waals surface area contributed by atoms with Crippen molar-refractivity contribution < 1.29 is 13.9 Å². The number of benzene rings is 1. The minimum absolute atomic E-state index is 0. The summed E-state index contributed by atoms with van der Waals surface area (Å²) in [6.45, 7) is 6.15. The van der Waals surface area contributed by atoms with Gasteiger partial charge in [-0.15, -0.1) is 24.0 Å². The van der Waals surface area contributed by atoms with Crippen LogP contribution in [0.3, 0.4) is 0 Å². The molecule has 2 N–H and O–H groups in total. The molecule has 1 saturated carbocycles. The lowest BCUT2D eigenvalue weighted by molar-refractivity contribution is -0.143. The van der Waals surface area contributed by atoms with Gasteiger partial charge in [-0.1, -0.05) is 18.2 Å². The van der Waals surface area contributed by atoms with E-state index in [1.165, 1.54) is 6.07 Å². The van der Waals surface area contributed by atoms with Crippen molar-refractivity contribution in [2.24, 2.45) is 4.99 Å². The molecule has 0 aliphatic heterocycles. The van der Waals surface area contributed by atoms with Crippen LogP contribution < -0.4 is 10.6 Å². The minimum Gasteiger partial charge on any atom is -0.466 e. The van der Waals surface area contributed by atoms with Crippen molar-refractivity contribution in [1.29, 1.82) is 0 Å². The normalized spacial score (nSPS) is 15.0. The Labute approximate surface area is 172 Å². The maximum Gasteiger partial charge on any atom is 0.305 e. The maximum absolute atomic E-state index is 14.1. The van der Waals surface area contributed by atoms with Gasteiger partial charge in [0.05, 0.1) is 13.2 Å². The van der Waals surface area contributed by atoms with Gasteiger partial charge in [0, 0.05) is 24.9 Å². The van der Waals surface area contributed by atoms with E-state index < -0.39 is 0 Å². The lowest BCUT2D eigenvalue weighted by atomic mass is 9.95. The van der Waals surface area contributed by atoms with Gasteiger partial charge in [-0.3, -0.25) is 9.79 Å². The van der Waals surface area contributed by atoms with Crippen molar-refractivity contribution in [3.05, 3.63) is 35.6 Å². The van der Waals surface area contributed by atoms with Crippen LogP contribution in [0.1, 0.15) is 45.1 Å². The van der Waals surface area contributed by atoms with Crippen LogP contribution in [0.2, 0.25) is 0 Å². The second kappa shape index (κ2) is 11.4. The summed E-state index contributed by atoms with van der Waals surface area (Å²) in [7, 11) is 0. The standard InChI is InChI=1S/C19H28FN3O2.HI/c1-3-21-18(22-13-7-10-17(24)25-4-2)23-14-19(11-12-19)15-8-5-6-9-16(15)20;/h5-6,8-9H,3-4,7,10-14H2,1-2H3,(H2,21,22,23);1H. The predicted octanol–water partition coefficient (Wildman–Crippen LogP) is 3.37. The monoisotopic (exact) mass is 477 g/mol. The Bertz CT molecular complexity index is 606. The first-order valence-corrected chi connectivity index (χ1v) is 9.04. The van der Waals surface area contributed by atoms with E-state index >= 15 is 0 Å². The Morgan fingerprint density at radius 1 is 1.27 bits per heavy atom. The summed E-state index contributed by atoms with van der Waals surface area (Å²) in [6.07, 6.45) is 2.99. The largest absolute Gasteiger partial charge is 0.466 e. The summed E-state index contributed by atoms with van der Waals surface area (Å²) in [4.78, 5) is 16.0. The molecule has 0 bridgehead atoms. The molecule has 5 nitrogen and oxygen atoms in total. The molecule has 7 heteroatoms. The fourth-order valence-corrected chi connectivity index (χ4v) is 2.80. The molecular formula is C19H29FIN3O2. The highest BCUT2D eigenvalue weighted by Crippen LogP contribution is 2.49. The number of carbonyl (C=O) groups excluding carboxylic acids is 1. The number of nitrogens with one attached hydrogen (secondary N) is 2. The smallest absolute Gasteiger partial charge is 0.305 e. The van der Waals surface area contributed by atoms with Crippen LogP contribution in [-0.4, -0.2) is 38.2 Å². The zero-order valence-corrected chi connectivity index (χ0v) is 17.8. The number of hydrogen-bond acceptors (Lipinski definition) is 3. The quantitative estimate of drug-likeness (QED) is 0.188. The average Bonchev–Trinajstić information content (AvgIpc) is 3.38. The van der Waals surface area contributed by atoms with Crippen LogP contribution in [0.25, 0.3) is 0 Å². The van der Waals surface area contributed by atoms with Gasteiger partial charge in [-0.05, 0) is 44.7 Å². The number of hydrogen-bond donors (Lipinski definition) is 2. The van der Waals surface area contributed by atoms with E-state index in [0.717, 1.165) is 24.9 Å². The van der Waals surface area contributed by atoms with Gasteiger partial charge in [0.15, 0.2) is 5.96 Å². The van der Waals surface area contributed by atoms with Gasteiger partial charge in [-0.2, -0.15) is 0 Å². The second-order valence-corrected chi connectivity index (χ2v) is 6.29. The van der Waals surface area contributed by atoms with Gasteiger partial charge >= 0.3 is 5.97 Å². The molecule has 0 spiro atoms. The molecule has 2 rings (SSSR count). The van der Waals surface area contributed by atoms with Gasteiger partial charge in [0.25, 0.3) is 0 Å². The molecule has 1 aromatic carbocycles. The van der Waals surface area contributed by atoms with Gasteiger partial charge in [0.2, 0.25) is 0 Å². The van der Waals surface area contributed by atoms with E-state index in [2.05, 4.69) is 15.6 Å². The third-order valence-electron chi connectivity index (χ3n) is 4.34. The van der Waals surface area contributed by atoms with Crippen molar-refractivity contribution in [2.75, 3.05) is 26.2 Å². The van der Waals surface area contributed by atoms with Crippen LogP contribution in [-0.2, 0) is 14.9 Å². The van der Waals surface area contributed by atoms with Crippen LogP contribution in [0.5, 0.6) is 0 Å². The molecular weight excluding hydrogens is 448 g/mol. The number of ether oxygens (including phenoxy) is 1. The number of carbonyl (C=O) groups is 1. The molecule has 0 unspecified atom stereocenters. The van der Waals surface area contributed by atoms with Crippen molar-refractivity contribution in [3.63, 3.8) is 0 Å². The van der Waals surface area contributed by atoms with E-state index in [9.17, 15) is 9.18 Å². The Morgan fingerprint density at radius 2 is 2.00 bits per heavy atom. The lowest BCUT2D eigenvalue weighted by Crippen LogP contribution is -2.38. The maximum atomic E-state index is 14.1. The Balaban J connectivity index is 0.00000338. The zero-order chi connectivity index (χ0) is 18.1. The molecule has 0 aromatic heterocycles. The molecule has 146 valence electrons. The van der Waals surface area contributed by atoms with Crippen LogP contribution in [0.15, 0.2) is 29.3 Å². The summed E-state index contributed by atoms with van der Waals surface area (Å²) in [5.41, 5.74) is 0.593. The zero-order valence-electron chi connectivity index (χ0n) is 15.5. The molecule has 1 aromatic rings. The van der Waals surface area contributed by atoms with E-state index in [1.54, 1.807) is 13.0 Å². The van der Waals surface area contributed by atoms with E-state index in [-0.39, 0.29) is 41.2 Å². The highest BCUT2D eigenvalue weighted by atomic mass is 127. The van der Waals surface area contributed by atoms with Crippen molar-refractivity contribution in [3.8, 4) is 0 Å². The SMILES string of the molecule is CCNC(=NCC1(c2ccccc2F)CC1)NCCCC(=O)OCC.I. The molecule has 1 aliphatic rings. The summed E-state index contributed by atoms with van der Waals surface area (Å²) < 4.78 is 19.0. The van der Waals surface area contributed by atoms with E-state index in [1.807, 2.05) is 19.1 Å². The lowest BCUT2D eigenvalue weighted by Gasteiger charge is -2.16. The van der Waals surface area contributed by atoms with Crippen molar-refractivity contribution in [2.45, 2.75) is 44.9 Å². The minimum atomic E-state index is -0.178. The predicted molar refractivity (Wildman–Crippen MR) is 113 cm³/mol. The number of nitrogens with zero attached hydrogens (tertiary/aromatic N) is 1. The fourth-order valence-electron chi connectivity index (χ4n) is 2.80. The molecule has 1 aliphatic carbocycles. The number of aliphatic imine (C=N–C) groups is 1. The van der Waals surface area contributed by atoms with Crippen LogP contribution in [0.4, 0.5) is 4.39 Å². The summed E-state index contributed by atoms with van der Waals surface area (Å²) >= 11 is 0. The Kier molecular flexibility index (Phi) is 9.90. The molecule has 0 heterocycles. The van der Waals surface area contributed by atoms with Gasteiger partial charge in [0.1, 0.15) is 5.82 Å². The molecule has 0 atom stereocenters. The molecule has 0 saturated heterocycles. The molecule has 1 fully saturated rings. The van der Waals surface area contributed by atoms with Crippen LogP contribution >= 0.6 is 24.0 Å². The number of guanidine groups is 1. The summed E-state index contributed by atoms with van der Waals surface area (Å²) in [5, 5.41) is 6.41. The first-order valence-electron chi connectivity index (χ1n) is 9.04. The Morgan fingerprint density at radius 3 is 2.62 bits per heavy atom. The highest BCUT2D eigenvalue weighted by molar-refractivity contribution is 14.0. The molecule has 26 heavy (non-hydrogen) atoms. The number of esters is 1. The number of rotatable bonds is 9. The molecule has 0 radical (unpaired) electrons. The third kappa shape index (κ3) is 6.74. The van der Waals surface area contributed by atoms with Crippen molar-refractivity contribution in [1.82, 2.24) is 10.6 Å². The average molecular weight is 477 g/mol. The number of halogens is 2. The Hall–Kier alpha value is -1.38. The van der Waals surface area contributed by atoms with Crippen LogP contribution in [0, 0.1) is 5.82 Å². The summed E-state index contributed by atoms with van der Waals surface area (Å²) in [6, 6.07) is 6.96. The fraction of sp³-hybridized carbons (Fsp3) is 0.579. The highest BCUT2D eigenvalue weighted by Gasteiger charge is 2.45. The first kappa shape index (κ1) is 22.7. The second-order valence-electron chi connectivity index (χ2n) is 6.29. The van der Waals surface area contributed by atoms with E-state index in [4.69, 9.17) is 4.74 Å². The summed E-state index contributed by atoms with van der Waals surface area (Å²) in [5.74, 6) is 0.374. The van der Waals surface area contributed by atoms with Crippen molar-refractivity contribution >= 4 is 35.9 Å². The first-order chi connectivity index (χ1) is 12.1. The van der Waals surface area contributed by atoms with Gasteiger partial charge in [-0.25, -0.2) is 4.39 Å².